The van der Waals surface area contributed by atoms with Crippen LogP contribution in [0.25, 0.3) is 0 Å². The molecule has 1 aliphatic carbocycles. The molecule has 1 heterocycles. The highest BCUT2D eigenvalue weighted by atomic mass is 16.5. The van der Waals surface area contributed by atoms with Crippen molar-refractivity contribution in [3.8, 4) is 5.75 Å². The molecule has 19 heavy (non-hydrogen) atoms. The van der Waals surface area contributed by atoms with Crippen LogP contribution in [0.15, 0.2) is 54.6 Å². The van der Waals surface area contributed by atoms with Gasteiger partial charge in [0.05, 0.1) is 0 Å². The molecule has 2 atom stereocenters. The van der Waals surface area contributed by atoms with Crippen molar-refractivity contribution in [2.75, 3.05) is 0 Å². The van der Waals surface area contributed by atoms with Gasteiger partial charge in [-0.2, -0.15) is 0 Å². The summed E-state index contributed by atoms with van der Waals surface area (Å²) in [7, 11) is 0. The van der Waals surface area contributed by atoms with Gasteiger partial charge >= 0.3 is 5.97 Å². The van der Waals surface area contributed by atoms with Crippen LogP contribution in [0.4, 0.5) is 0 Å². The minimum Gasteiger partial charge on any atom is -0.426 e. The number of para-hydroxylation sites is 1. The highest BCUT2D eigenvalue weighted by molar-refractivity contribution is 5.90. The molecule has 0 amide bonds. The summed E-state index contributed by atoms with van der Waals surface area (Å²) in [6, 6.07) is 18.0. The molecule has 0 aromatic heterocycles. The Hall–Kier alpha value is -2.09. The third-order valence-corrected chi connectivity index (χ3v) is 4.57. The molecule has 2 aliphatic rings. The standard InChI is InChI=1S/C17H14O2/c18-16-17(12-6-2-1-3-7-12)11-10-14(17)13-8-4-5-9-15(13)19-16/h1-9,14H,10-11H2. The van der Waals surface area contributed by atoms with Gasteiger partial charge in [0.25, 0.3) is 0 Å². The van der Waals surface area contributed by atoms with E-state index in [-0.39, 0.29) is 11.9 Å². The van der Waals surface area contributed by atoms with Crippen LogP contribution in [0.2, 0.25) is 0 Å². The molecular weight excluding hydrogens is 236 g/mol. The van der Waals surface area contributed by atoms with Crippen LogP contribution in [0.1, 0.15) is 29.9 Å². The molecule has 0 radical (unpaired) electrons. The van der Waals surface area contributed by atoms with Crippen molar-refractivity contribution in [1.82, 2.24) is 0 Å². The van der Waals surface area contributed by atoms with E-state index in [1.54, 1.807) is 0 Å². The third kappa shape index (κ3) is 1.29. The van der Waals surface area contributed by atoms with Gasteiger partial charge in [-0.3, -0.25) is 4.79 Å². The van der Waals surface area contributed by atoms with Gasteiger partial charge in [-0.25, -0.2) is 0 Å². The van der Waals surface area contributed by atoms with Crippen molar-refractivity contribution in [3.63, 3.8) is 0 Å². The number of carbonyl (C=O) groups is 1. The first-order valence-electron chi connectivity index (χ1n) is 6.69. The van der Waals surface area contributed by atoms with Crippen molar-refractivity contribution in [2.24, 2.45) is 0 Å². The molecule has 0 bridgehead atoms. The smallest absolute Gasteiger partial charge is 0.322 e. The lowest BCUT2D eigenvalue weighted by molar-refractivity contribution is -0.148. The number of fused-ring (bicyclic) bond motifs is 3. The second-order valence-electron chi connectivity index (χ2n) is 5.36. The fourth-order valence-corrected chi connectivity index (χ4v) is 3.49. The van der Waals surface area contributed by atoms with E-state index < -0.39 is 5.41 Å². The predicted molar refractivity (Wildman–Crippen MR) is 72.2 cm³/mol. The first kappa shape index (κ1) is 10.8. The van der Waals surface area contributed by atoms with E-state index >= 15 is 0 Å². The molecule has 2 heteroatoms. The molecule has 2 unspecified atom stereocenters. The van der Waals surface area contributed by atoms with Crippen LogP contribution in [-0.4, -0.2) is 5.97 Å². The number of ether oxygens (including phenoxy) is 1. The predicted octanol–water partition coefficient (Wildman–Crippen LogP) is 3.42. The van der Waals surface area contributed by atoms with Gasteiger partial charge in [0.2, 0.25) is 0 Å². The topological polar surface area (TPSA) is 26.3 Å². The number of carbonyl (C=O) groups excluding carboxylic acids is 1. The maximum atomic E-state index is 12.5. The summed E-state index contributed by atoms with van der Waals surface area (Å²) in [5.74, 6) is 0.921. The van der Waals surface area contributed by atoms with Crippen molar-refractivity contribution in [1.29, 1.82) is 0 Å². The zero-order valence-electron chi connectivity index (χ0n) is 10.5. The van der Waals surface area contributed by atoms with E-state index in [9.17, 15) is 4.79 Å². The zero-order valence-corrected chi connectivity index (χ0v) is 10.5. The number of rotatable bonds is 1. The highest BCUT2D eigenvalue weighted by Crippen LogP contribution is 2.59. The Morgan fingerprint density at radius 1 is 1.00 bits per heavy atom. The molecule has 1 fully saturated rings. The van der Waals surface area contributed by atoms with Gasteiger partial charge in [0.15, 0.2) is 0 Å². The van der Waals surface area contributed by atoms with E-state index in [2.05, 4.69) is 6.07 Å². The van der Waals surface area contributed by atoms with E-state index in [1.807, 2.05) is 48.5 Å². The molecule has 1 aliphatic heterocycles. The monoisotopic (exact) mass is 250 g/mol. The van der Waals surface area contributed by atoms with Gasteiger partial charge in [0.1, 0.15) is 11.2 Å². The van der Waals surface area contributed by atoms with E-state index in [4.69, 9.17) is 4.74 Å². The Morgan fingerprint density at radius 3 is 2.47 bits per heavy atom. The summed E-state index contributed by atoms with van der Waals surface area (Å²) in [5, 5.41) is 0. The van der Waals surface area contributed by atoms with Gasteiger partial charge in [-0.1, -0.05) is 48.5 Å². The maximum Gasteiger partial charge on any atom is 0.322 e. The van der Waals surface area contributed by atoms with E-state index in [0.717, 1.165) is 24.2 Å². The maximum absolute atomic E-state index is 12.5. The van der Waals surface area contributed by atoms with Gasteiger partial charge < -0.3 is 4.74 Å². The second-order valence-corrected chi connectivity index (χ2v) is 5.36. The molecule has 2 aromatic rings. The van der Waals surface area contributed by atoms with Crippen LogP contribution >= 0.6 is 0 Å². The van der Waals surface area contributed by atoms with Crippen LogP contribution in [0.3, 0.4) is 0 Å². The molecule has 0 saturated heterocycles. The fourth-order valence-electron chi connectivity index (χ4n) is 3.49. The normalized spacial score (nSPS) is 27.8. The van der Waals surface area contributed by atoms with Gasteiger partial charge in [-0.15, -0.1) is 0 Å². The summed E-state index contributed by atoms with van der Waals surface area (Å²) in [4.78, 5) is 12.5. The summed E-state index contributed by atoms with van der Waals surface area (Å²) in [5.41, 5.74) is 1.82. The molecular formula is C17H14O2. The van der Waals surface area contributed by atoms with Crippen molar-refractivity contribution in [3.05, 3.63) is 65.7 Å². The lowest BCUT2D eigenvalue weighted by atomic mass is 9.53. The summed E-state index contributed by atoms with van der Waals surface area (Å²) in [6.45, 7) is 0. The molecule has 0 N–H and O–H groups in total. The quantitative estimate of drug-likeness (QED) is 0.572. The second kappa shape index (κ2) is 3.70. The van der Waals surface area contributed by atoms with Gasteiger partial charge in [0, 0.05) is 5.92 Å². The van der Waals surface area contributed by atoms with Crippen LogP contribution < -0.4 is 4.74 Å². The number of benzene rings is 2. The fraction of sp³-hybridized carbons (Fsp3) is 0.235. The Labute approximate surface area is 112 Å². The summed E-state index contributed by atoms with van der Waals surface area (Å²) >= 11 is 0. The minimum atomic E-state index is -0.449. The average Bonchev–Trinajstić information content (AvgIpc) is 2.41. The first-order chi connectivity index (χ1) is 9.32. The van der Waals surface area contributed by atoms with Crippen LogP contribution in [0, 0.1) is 0 Å². The van der Waals surface area contributed by atoms with Crippen molar-refractivity contribution in [2.45, 2.75) is 24.2 Å². The lowest BCUT2D eigenvalue weighted by Crippen LogP contribution is -2.53. The van der Waals surface area contributed by atoms with E-state index in [0.29, 0.717) is 0 Å². The Morgan fingerprint density at radius 2 is 1.74 bits per heavy atom. The number of esters is 1. The number of hydrogen-bond donors (Lipinski definition) is 0. The Bertz CT molecular complexity index is 647. The van der Waals surface area contributed by atoms with Crippen molar-refractivity contribution >= 4 is 5.97 Å². The van der Waals surface area contributed by atoms with Gasteiger partial charge in [-0.05, 0) is 30.0 Å². The van der Waals surface area contributed by atoms with E-state index in [1.165, 1.54) is 5.56 Å². The SMILES string of the molecule is O=C1Oc2ccccc2C2CCC12c1ccccc1. The van der Waals surface area contributed by atoms with Crippen LogP contribution in [0.5, 0.6) is 5.75 Å². The van der Waals surface area contributed by atoms with Crippen molar-refractivity contribution < 1.29 is 9.53 Å². The number of hydrogen-bond acceptors (Lipinski definition) is 2. The Balaban J connectivity index is 1.89. The molecule has 1 saturated carbocycles. The third-order valence-electron chi connectivity index (χ3n) is 4.57. The molecule has 2 aromatic carbocycles. The lowest BCUT2D eigenvalue weighted by Gasteiger charge is -2.50. The summed E-state index contributed by atoms with van der Waals surface area (Å²) in [6.07, 6.45) is 1.94. The zero-order chi connectivity index (χ0) is 12.9. The van der Waals surface area contributed by atoms with Crippen LogP contribution in [-0.2, 0) is 10.2 Å². The molecule has 94 valence electrons. The highest BCUT2D eigenvalue weighted by Gasteiger charge is 2.58. The molecule has 0 spiro atoms. The summed E-state index contributed by atoms with van der Waals surface area (Å²) < 4.78 is 5.58. The molecule has 2 nitrogen and oxygen atoms in total. The average molecular weight is 250 g/mol. The minimum absolute atomic E-state index is 0.0892. The first-order valence-corrected chi connectivity index (χ1v) is 6.69. The molecule has 4 rings (SSSR count). The largest absolute Gasteiger partial charge is 0.426 e. The Kier molecular flexibility index (Phi) is 2.10.